The van der Waals surface area contributed by atoms with Gasteiger partial charge in [0.25, 0.3) is 5.91 Å². The molecule has 7 heteroatoms. The Kier molecular flexibility index (Phi) is 3.84. The van der Waals surface area contributed by atoms with Crippen LogP contribution in [0.5, 0.6) is 0 Å². The highest BCUT2D eigenvalue weighted by molar-refractivity contribution is 7.09. The molecule has 0 spiro atoms. The van der Waals surface area contributed by atoms with Gasteiger partial charge in [-0.2, -0.15) is 0 Å². The second-order valence-electron chi connectivity index (χ2n) is 3.39. The standard InChI is InChI=1S/C10H13N5OS/c11-1-3-15-6-8(14-7-15)10(16)13-5-9-12-2-4-17-9/h2,4,6-7H,1,3,5,11H2,(H,13,16). The lowest BCUT2D eigenvalue weighted by molar-refractivity contribution is 0.0946. The van der Waals surface area contributed by atoms with Gasteiger partial charge in [-0.05, 0) is 0 Å². The lowest BCUT2D eigenvalue weighted by Crippen LogP contribution is -2.23. The lowest BCUT2D eigenvalue weighted by Gasteiger charge is -1.99. The van der Waals surface area contributed by atoms with Crippen LogP contribution in [0.4, 0.5) is 0 Å². The molecule has 0 saturated carbocycles. The molecule has 0 aliphatic heterocycles. The Bertz CT molecular complexity index is 479. The van der Waals surface area contributed by atoms with Gasteiger partial charge >= 0.3 is 0 Å². The van der Waals surface area contributed by atoms with E-state index in [0.717, 1.165) is 5.01 Å². The number of hydrogen-bond donors (Lipinski definition) is 2. The van der Waals surface area contributed by atoms with Gasteiger partial charge in [0.05, 0.1) is 12.9 Å². The minimum atomic E-state index is -0.198. The summed E-state index contributed by atoms with van der Waals surface area (Å²) in [4.78, 5) is 19.8. The summed E-state index contributed by atoms with van der Waals surface area (Å²) in [7, 11) is 0. The van der Waals surface area contributed by atoms with Gasteiger partial charge in [0.1, 0.15) is 10.7 Å². The maximum Gasteiger partial charge on any atom is 0.271 e. The molecule has 2 aromatic rings. The maximum atomic E-state index is 11.7. The van der Waals surface area contributed by atoms with Crippen LogP contribution in [-0.4, -0.2) is 27.0 Å². The molecule has 2 rings (SSSR count). The van der Waals surface area contributed by atoms with Gasteiger partial charge < -0.3 is 15.6 Å². The predicted molar refractivity (Wildman–Crippen MR) is 64.6 cm³/mol. The summed E-state index contributed by atoms with van der Waals surface area (Å²) in [6.07, 6.45) is 5.00. The van der Waals surface area contributed by atoms with Crippen molar-refractivity contribution in [1.82, 2.24) is 19.9 Å². The Labute approximate surface area is 102 Å². The largest absolute Gasteiger partial charge is 0.344 e. The number of thiazole rings is 1. The Balaban J connectivity index is 1.90. The highest BCUT2D eigenvalue weighted by Gasteiger charge is 2.09. The van der Waals surface area contributed by atoms with Crippen molar-refractivity contribution < 1.29 is 4.79 Å². The van der Waals surface area contributed by atoms with Crippen molar-refractivity contribution >= 4 is 17.2 Å². The third-order valence-corrected chi connectivity index (χ3v) is 2.92. The number of rotatable bonds is 5. The van der Waals surface area contributed by atoms with Crippen molar-refractivity contribution in [2.45, 2.75) is 13.1 Å². The van der Waals surface area contributed by atoms with Crippen molar-refractivity contribution in [2.24, 2.45) is 5.73 Å². The van der Waals surface area contributed by atoms with E-state index in [1.54, 1.807) is 23.3 Å². The number of carbonyl (C=O) groups is 1. The van der Waals surface area contributed by atoms with Gasteiger partial charge in [-0.25, -0.2) is 9.97 Å². The Morgan fingerprint density at radius 2 is 2.41 bits per heavy atom. The summed E-state index contributed by atoms with van der Waals surface area (Å²) in [5, 5.41) is 5.51. The Hall–Kier alpha value is -1.73. The highest BCUT2D eigenvalue weighted by atomic mass is 32.1. The van der Waals surface area contributed by atoms with E-state index in [-0.39, 0.29) is 5.91 Å². The van der Waals surface area contributed by atoms with E-state index in [2.05, 4.69) is 15.3 Å². The number of nitrogens with one attached hydrogen (secondary N) is 1. The number of imidazole rings is 1. The second-order valence-corrected chi connectivity index (χ2v) is 4.37. The molecule has 2 heterocycles. The van der Waals surface area contributed by atoms with Crippen LogP contribution in [0.1, 0.15) is 15.5 Å². The molecule has 90 valence electrons. The average molecular weight is 251 g/mol. The highest BCUT2D eigenvalue weighted by Crippen LogP contribution is 2.03. The predicted octanol–water partition coefficient (Wildman–Crippen LogP) is 0.228. The zero-order valence-corrected chi connectivity index (χ0v) is 9.98. The molecule has 0 radical (unpaired) electrons. The van der Waals surface area contributed by atoms with Gasteiger partial charge in [-0.3, -0.25) is 4.79 Å². The topological polar surface area (TPSA) is 85.8 Å². The van der Waals surface area contributed by atoms with Gasteiger partial charge in [0.15, 0.2) is 0 Å². The quantitative estimate of drug-likeness (QED) is 0.796. The van der Waals surface area contributed by atoms with E-state index < -0.39 is 0 Å². The van der Waals surface area contributed by atoms with Crippen LogP contribution in [-0.2, 0) is 13.1 Å². The van der Waals surface area contributed by atoms with Crippen LogP contribution in [0.25, 0.3) is 0 Å². The van der Waals surface area contributed by atoms with Crippen LogP contribution in [0, 0.1) is 0 Å². The first-order chi connectivity index (χ1) is 8.29. The summed E-state index contributed by atoms with van der Waals surface area (Å²) in [5.74, 6) is -0.198. The van der Waals surface area contributed by atoms with Crippen LogP contribution < -0.4 is 11.1 Å². The van der Waals surface area contributed by atoms with Crippen LogP contribution in [0.15, 0.2) is 24.1 Å². The first-order valence-electron chi connectivity index (χ1n) is 5.18. The molecular formula is C10H13N5OS. The van der Waals surface area contributed by atoms with Crippen molar-refractivity contribution in [3.8, 4) is 0 Å². The van der Waals surface area contributed by atoms with E-state index in [1.807, 2.05) is 5.38 Å². The number of aromatic nitrogens is 3. The fourth-order valence-corrected chi connectivity index (χ4v) is 1.89. The lowest BCUT2D eigenvalue weighted by atomic mass is 10.4. The fraction of sp³-hybridized carbons (Fsp3) is 0.300. The smallest absolute Gasteiger partial charge is 0.271 e. The molecular weight excluding hydrogens is 238 g/mol. The number of carbonyl (C=O) groups excluding carboxylic acids is 1. The molecule has 0 unspecified atom stereocenters. The number of amides is 1. The molecule has 2 aromatic heterocycles. The van der Waals surface area contributed by atoms with E-state index in [1.165, 1.54) is 11.3 Å². The number of nitrogens with two attached hydrogens (primary N) is 1. The minimum absolute atomic E-state index is 0.198. The Morgan fingerprint density at radius 3 is 3.12 bits per heavy atom. The number of nitrogens with zero attached hydrogens (tertiary/aromatic N) is 3. The zero-order valence-electron chi connectivity index (χ0n) is 9.17. The van der Waals surface area contributed by atoms with Crippen molar-refractivity contribution in [3.05, 3.63) is 34.8 Å². The van der Waals surface area contributed by atoms with E-state index in [0.29, 0.717) is 25.3 Å². The van der Waals surface area contributed by atoms with Gasteiger partial charge in [-0.1, -0.05) is 0 Å². The summed E-state index contributed by atoms with van der Waals surface area (Å²) in [5.41, 5.74) is 5.81. The van der Waals surface area contributed by atoms with Crippen molar-refractivity contribution in [3.63, 3.8) is 0 Å². The number of hydrogen-bond acceptors (Lipinski definition) is 5. The van der Waals surface area contributed by atoms with Crippen molar-refractivity contribution in [2.75, 3.05) is 6.54 Å². The molecule has 0 aromatic carbocycles. The first-order valence-corrected chi connectivity index (χ1v) is 6.06. The molecule has 17 heavy (non-hydrogen) atoms. The molecule has 0 saturated heterocycles. The fourth-order valence-electron chi connectivity index (χ4n) is 1.34. The molecule has 1 amide bonds. The zero-order chi connectivity index (χ0) is 12.1. The SMILES string of the molecule is NCCn1cnc(C(=O)NCc2nccs2)c1. The van der Waals surface area contributed by atoms with Crippen molar-refractivity contribution in [1.29, 1.82) is 0 Å². The van der Waals surface area contributed by atoms with Gasteiger partial charge in [-0.15, -0.1) is 11.3 Å². The molecule has 0 atom stereocenters. The van der Waals surface area contributed by atoms with E-state index in [9.17, 15) is 4.79 Å². The Morgan fingerprint density at radius 1 is 1.53 bits per heavy atom. The summed E-state index contributed by atoms with van der Waals surface area (Å²) >= 11 is 1.51. The summed E-state index contributed by atoms with van der Waals surface area (Å²) in [6, 6.07) is 0. The normalized spacial score (nSPS) is 10.4. The second kappa shape index (κ2) is 5.55. The molecule has 0 bridgehead atoms. The maximum absolute atomic E-state index is 11.7. The molecule has 3 N–H and O–H groups in total. The summed E-state index contributed by atoms with van der Waals surface area (Å²) in [6.45, 7) is 1.61. The molecule has 6 nitrogen and oxygen atoms in total. The third kappa shape index (κ3) is 3.11. The minimum Gasteiger partial charge on any atom is -0.344 e. The van der Waals surface area contributed by atoms with Crippen LogP contribution in [0.3, 0.4) is 0 Å². The van der Waals surface area contributed by atoms with Crippen LogP contribution in [0.2, 0.25) is 0 Å². The summed E-state index contributed by atoms with van der Waals surface area (Å²) < 4.78 is 1.79. The van der Waals surface area contributed by atoms with Gasteiger partial charge in [0.2, 0.25) is 0 Å². The molecule has 0 aliphatic carbocycles. The van der Waals surface area contributed by atoms with E-state index >= 15 is 0 Å². The average Bonchev–Trinajstić information content (AvgIpc) is 2.97. The molecule has 0 aliphatic rings. The van der Waals surface area contributed by atoms with Gasteiger partial charge in [0, 0.05) is 30.9 Å². The molecule has 0 fully saturated rings. The van der Waals surface area contributed by atoms with Crippen LogP contribution >= 0.6 is 11.3 Å². The van der Waals surface area contributed by atoms with E-state index in [4.69, 9.17) is 5.73 Å². The monoisotopic (exact) mass is 251 g/mol. The third-order valence-electron chi connectivity index (χ3n) is 2.14. The first kappa shape index (κ1) is 11.7.